The Morgan fingerprint density at radius 1 is 0.806 bits per heavy atom. The molecule has 1 fully saturated rings. The van der Waals surface area contributed by atoms with E-state index in [1.165, 1.54) is 24.3 Å². The minimum Gasteiger partial charge on any atom is -0.305 e. The average Bonchev–Trinajstić information content (AvgIpc) is 3.23. The smallest absolute Gasteiger partial charge is 0.305 e. The zero-order valence-corrected chi connectivity index (χ0v) is 20.5. The van der Waals surface area contributed by atoms with E-state index in [1.54, 1.807) is 0 Å². The normalized spacial score (nSPS) is 16.1. The van der Waals surface area contributed by atoms with Gasteiger partial charge in [-0.15, -0.1) is 0 Å². The lowest BCUT2D eigenvalue weighted by molar-refractivity contribution is 0.0471. The SMILES string of the molecule is CCCCC(N1CCN(C(c2ccc(F)cc2)c2ccc(F)cc2)CC1)n1c(=O)[nH]c2ccccc21. The molecule has 1 aliphatic heterocycles. The predicted molar refractivity (Wildman–Crippen MR) is 139 cm³/mol. The fraction of sp³-hybridized carbons (Fsp3) is 0.345. The molecule has 1 aromatic heterocycles. The summed E-state index contributed by atoms with van der Waals surface area (Å²) in [5, 5.41) is 0. The van der Waals surface area contributed by atoms with Crippen LogP contribution < -0.4 is 5.69 Å². The van der Waals surface area contributed by atoms with Crippen molar-refractivity contribution in [3.63, 3.8) is 0 Å². The molecule has 1 N–H and O–H groups in total. The molecule has 2 heterocycles. The van der Waals surface area contributed by atoms with Gasteiger partial charge in [-0.3, -0.25) is 14.4 Å². The van der Waals surface area contributed by atoms with Crippen molar-refractivity contribution >= 4 is 11.0 Å². The van der Waals surface area contributed by atoms with Crippen molar-refractivity contribution in [3.05, 3.63) is 106 Å². The van der Waals surface area contributed by atoms with Crippen molar-refractivity contribution in [2.24, 2.45) is 0 Å². The number of imidazole rings is 1. The highest BCUT2D eigenvalue weighted by molar-refractivity contribution is 5.75. The van der Waals surface area contributed by atoms with Gasteiger partial charge in [-0.2, -0.15) is 0 Å². The van der Waals surface area contributed by atoms with E-state index < -0.39 is 0 Å². The summed E-state index contributed by atoms with van der Waals surface area (Å²) in [5.74, 6) is -0.547. The maximum atomic E-state index is 13.7. The van der Waals surface area contributed by atoms with Gasteiger partial charge in [0.05, 0.1) is 23.2 Å². The number of hydrogen-bond donors (Lipinski definition) is 1. The lowest BCUT2D eigenvalue weighted by atomic mass is 9.96. The first-order valence-electron chi connectivity index (χ1n) is 12.7. The van der Waals surface area contributed by atoms with Crippen LogP contribution in [0, 0.1) is 11.6 Å². The second-order valence-corrected chi connectivity index (χ2v) is 9.52. The van der Waals surface area contributed by atoms with Crippen LogP contribution in [0.4, 0.5) is 8.78 Å². The number of piperazine rings is 1. The van der Waals surface area contributed by atoms with Crippen LogP contribution in [0.1, 0.15) is 49.5 Å². The molecule has 36 heavy (non-hydrogen) atoms. The molecule has 0 aliphatic carbocycles. The van der Waals surface area contributed by atoms with E-state index in [0.29, 0.717) is 0 Å². The van der Waals surface area contributed by atoms with Crippen molar-refractivity contribution in [2.75, 3.05) is 26.2 Å². The summed E-state index contributed by atoms with van der Waals surface area (Å²) < 4.78 is 29.2. The number of fused-ring (bicyclic) bond motifs is 1. The Balaban J connectivity index is 1.41. The number of nitrogens with zero attached hydrogens (tertiary/aromatic N) is 3. The highest BCUT2D eigenvalue weighted by Crippen LogP contribution is 2.32. The Hall–Kier alpha value is -3.29. The number of aromatic nitrogens is 2. The summed E-state index contributed by atoms with van der Waals surface area (Å²) in [5.41, 5.74) is 3.67. The molecule has 7 heteroatoms. The minimum atomic E-state index is -0.274. The molecule has 0 amide bonds. The third-order valence-corrected chi connectivity index (χ3v) is 7.24. The summed E-state index contributed by atoms with van der Waals surface area (Å²) >= 11 is 0. The van der Waals surface area contributed by atoms with Crippen molar-refractivity contribution in [3.8, 4) is 0 Å². The van der Waals surface area contributed by atoms with Crippen LogP contribution in [0.5, 0.6) is 0 Å². The molecule has 0 saturated carbocycles. The molecule has 1 atom stereocenters. The van der Waals surface area contributed by atoms with Crippen LogP contribution in [0.15, 0.2) is 77.6 Å². The first-order chi connectivity index (χ1) is 17.5. The molecule has 1 saturated heterocycles. The van der Waals surface area contributed by atoms with Gasteiger partial charge in [-0.05, 0) is 53.9 Å². The van der Waals surface area contributed by atoms with Crippen molar-refractivity contribution in [1.82, 2.24) is 19.4 Å². The molecule has 3 aromatic carbocycles. The topological polar surface area (TPSA) is 44.3 Å². The molecule has 5 rings (SSSR count). The monoisotopic (exact) mass is 490 g/mol. The summed E-state index contributed by atoms with van der Waals surface area (Å²) in [7, 11) is 0. The maximum absolute atomic E-state index is 13.7. The van der Waals surface area contributed by atoms with E-state index in [2.05, 4.69) is 21.7 Å². The number of para-hydroxylation sites is 2. The van der Waals surface area contributed by atoms with Crippen molar-refractivity contribution in [2.45, 2.75) is 38.4 Å². The Morgan fingerprint density at radius 3 is 1.94 bits per heavy atom. The third kappa shape index (κ3) is 4.99. The quantitative estimate of drug-likeness (QED) is 0.344. The van der Waals surface area contributed by atoms with Gasteiger partial charge in [0, 0.05) is 26.2 Å². The third-order valence-electron chi connectivity index (χ3n) is 7.24. The van der Waals surface area contributed by atoms with E-state index >= 15 is 0 Å². The van der Waals surface area contributed by atoms with Gasteiger partial charge in [0.2, 0.25) is 0 Å². The summed E-state index contributed by atoms with van der Waals surface area (Å²) in [6, 6.07) is 20.9. The fourth-order valence-electron chi connectivity index (χ4n) is 5.43. The molecule has 0 bridgehead atoms. The van der Waals surface area contributed by atoms with E-state index in [-0.39, 0.29) is 29.5 Å². The summed E-state index contributed by atoms with van der Waals surface area (Å²) in [6.07, 6.45) is 2.97. The average molecular weight is 491 g/mol. The first kappa shape index (κ1) is 24.4. The number of unbranched alkanes of at least 4 members (excludes halogenated alkanes) is 1. The molecule has 0 radical (unpaired) electrons. The van der Waals surface area contributed by atoms with Crippen LogP contribution in [0.25, 0.3) is 11.0 Å². The van der Waals surface area contributed by atoms with Gasteiger partial charge in [-0.25, -0.2) is 13.6 Å². The first-order valence-corrected chi connectivity index (χ1v) is 12.7. The highest BCUT2D eigenvalue weighted by atomic mass is 19.1. The van der Waals surface area contributed by atoms with Gasteiger partial charge >= 0.3 is 5.69 Å². The number of aromatic amines is 1. The van der Waals surface area contributed by atoms with Gasteiger partial charge in [0.1, 0.15) is 11.6 Å². The van der Waals surface area contributed by atoms with Gasteiger partial charge in [0.25, 0.3) is 0 Å². The molecular weight excluding hydrogens is 458 g/mol. The lowest BCUT2D eigenvalue weighted by Gasteiger charge is -2.43. The molecule has 0 spiro atoms. The van der Waals surface area contributed by atoms with E-state index in [4.69, 9.17) is 0 Å². The predicted octanol–water partition coefficient (Wildman–Crippen LogP) is 5.70. The van der Waals surface area contributed by atoms with Gasteiger partial charge in [0.15, 0.2) is 0 Å². The summed E-state index contributed by atoms with van der Waals surface area (Å²) in [6.45, 7) is 5.31. The molecule has 5 nitrogen and oxygen atoms in total. The number of H-pyrrole nitrogens is 1. The Kier molecular flexibility index (Phi) is 7.30. The number of nitrogens with one attached hydrogen (secondary N) is 1. The van der Waals surface area contributed by atoms with Crippen LogP contribution >= 0.6 is 0 Å². The number of rotatable bonds is 8. The Labute approximate surface area is 210 Å². The van der Waals surface area contributed by atoms with Crippen LogP contribution in [-0.4, -0.2) is 45.5 Å². The highest BCUT2D eigenvalue weighted by Gasteiger charge is 2.31. The summed E-state index contributed by atoms with van der Waals surface area (Å²) in [4.78, 5) is 20.8. The fourth-order valence-corrected chi connectivity index (χ4v) is 5.43. The number of halogens is 2. The molecular formula is C29H32F2N4O. The maximum Gasteiger partial charge on any atom is 0.327 e. The van der Waals surface area contributed by atoms with Gasteiger partial charge < -0.3 is 4.98 Å². The van der Waals surface area contributed by atoms with E-state index in [0.717, 1.165) is 67.6 Å². The zero-order valence-electron chi connectivity index (χ0n) is 20.5. The number of benzene rings is 3. The van der Waals surface area contributed by atoms with Crippen LogP contribution in [0.2, 0.25) is 0 Å². The number of hydrogen-bond acceptors (Lipinski definition) is 3. The standard InChI is InChI=1S/C29H32F2N4O/c1-2-3-8-27(35-26-7-5-4-6-25(26)32-29(35)36)33-17-19-34(20-18-33)28(21-9-13-23(30)14-10-21)22-11-15-24(31)16-12-22/h4-7,9-16,27-28H,2-3,8,17-20H2,1H3,(H,32,36). The molecule has 4 aromatic rings. The zero-order chi connectivity index (χ0) is 25.1. The molecule has 188 valence electrons. The Morgan fingerprint density at radius 2 is 1.36 bits per heavy atom. The van der Waals surface area contributed by atoms with Crippen LogP contribution in [0.3, 0.4) is 0 Å². The molecule has 1 unspecified atom stereocenters. The molecule has 1 aliphatic rings. The Bertz CT molecular complexity index is 1290. The van der Waals surface area contributed by atoms with Gasteiger partial charge in [-0.1, -0.05) is 56.2 Å². The largest absolute Gasteiger partial charge is 0.327 e. The lowest BCUT2D eigenvalue weighted by Crippen LogP contribution is -2.50. The van der Waals surface area contributed by atoms with E-state index in [9.17, 15) is 13.6 Å². The van der Waals surface area contributed by atoms with E-state index in [1.807, 2.05) is 53.1 Å². The minimum absolute atomic E-state index is 0.0224. The second kappa shape index (κ2) is 10.8. The second-order valence-electron chi connectivity index (χ2n) is 9.52. The van der Waals surface area contributed by atoms with Crippen LogP contribution in [-0.2, 0) is 0 Å². The van der Waals surface area contributed by atoms with Crippen molar-refractivity contribution in [1.29, 1.82) is 0 Å². The van der Waals surface area contributed by atoms with Crippen molar-refractivity contribution < 1.29 is 8.78 Å².